The average Bonchev–Trinajstić information content (AvgIpc) is 2.85. The summed E-state index contributed by atoms with van der Waals surface area (Å²) in [5.74, 6) is -1.05. The van der Waals surface area contributed by atoms with Gasteiger partial charge in [-0.05, 0) is 76.3 Å². The van der Waals surface area contributed by atoms with E-state index in [1.54, 1.807) is 24.9 Å². The number of carbonyl (C=O) groups excluding carboxylic acids is 3. The number of nitrogens with one attached hydrogen (secondary N) is 2. The second-order valence-electron chi connectivity index (χ2n) is 11.1. The number of amides is 3. The van der Waals surface area contributed by atoms with E-state index < -0.39 is 6.04 Å². The van der Waals surface area contributed by atoms with Crippen molar-refractivity contribution in [3.05, 3.63) is 41.7 Å². The number of carbonyl (C=O) groups is 3. The first kappa shape index (κ1) is 30.5. The molecule has 3 atom stereocenters. The molecule has 1 saturated heterocycles. The largest absolute Gasteiger partial charge is 0.343 e. The third-order valence-corrected chi connectivity index (χ3v) is 7.10. The van der Waals surface area contributed by atoms with Crippen molar-refractivity contribution in [3.63, 3.8) is 0 Å². The first-order valence-corrected chi connectivity index (χ1v) is 13.4. The molecule has 0 aromatic heterocycles. The molecular formula is C29H45FN4O3. The molecular weight excluding hydrogens is 471 g/mol. The van der Waals surface area contributed by atoms with E-state index in [1.807, 2.05) is 27.7 Å². The van der Waals surface area contributed by atoms with Crippen LogP contribution in [0.15, 0.2) is 35.9 Å². The van der Waals surface area contributed by atoms with E-state index >= 15 is 0 Å². The highest BCUT2D eigenvalue weighted by Gasteiger charge is 2.36. The van der Waals surface area contributed by atoms with Gasteiger partial charge in [0.1, 0.15) is 11.9 Å². The van der Waals surface area contributed by atoms with Crippen LogP contribution >= 0.6 is 0 Å². The minimum absolute atomic E-state index is 0.0285. The van der Waals surface area contributed by atoms with Gasteiger partial charge >= 0.3 is 0 Å². The predicted octanol–water partition coefficient (Wildman–Crippen LogP) is 4.60. The normalized spacial score (nSPS) is 18.6. The quantitative estimate of drug-likeness (QED) is 0.446. The first-order chi connectivity index (χ1) is 17.3. The van der Waals surface area contributed by atoms with Gasteiger partial charge in [-0.2, -0.15) is 0 Å². The molecule has 206 valence electrons. The smallest absolute Gasteiger partial charge is 0.251 e. The minimum Gasteiger partial charge on any atom is -0.343 e. The number of anilines is 1. The lowest BCUT2D eigenvalue weighted by Crippen LogP contribution is -2.58. The number of piperidine rings is 1. The fraction of sp³-hybridized carbons (Fsp3) is 0.621. The summed E-state index contributed by atoms with van der Waals surface area (Å²) in [6.45, 7) is 14.6. The molecule has 7 nitrogen and oxygen atoms in total. The van der Waals surface area contributed by atoms with Crippen LogP contribution < -0.4 is 10.6 Å². The van der Waals surface area contributed by atoms with E-state index in [9.17, 15) is 18.8 Å². The SMILES string of the molecule is C/C(=C\[C@H](C(C)C)N(C)C(=O)C(NC(=O)[C@H]1CCCCN1C(C)C)C(C)C)C(=O)Nc1ccc(F)cc1. The third kappa shape index (κ3) is 8.38. The number of likely N-dealkylation sites (tertiary alicyclic amines) is 1. The van der Waals surface area contributed by atoms with Crippen molar-refractivity contribution in [1.29, 1.82) is 0 Å². The zero-order valence-electron chi connectivity index (χ0n) is 23.7. The predicted molar refractivity (Wildman–Crippen MR) is 146 cm³/mol. The molecule has 0 saturated carbocycles. The van der Waals surface area contributed by atoms with Crippen molar-refractivity contribution in [1.82, 2.24) is 15.1 Å². The molecule has 1 unspecified atom stereocenters. The maximum Gasteiger partial charge on any atom is 0.251 e. The third-order valence-electron chi connectivity index (χ3n) is 7.10. The monoisotopic (exact) mass is 516 g/mol. The van der Waals surface area contributed by atoms with Gasteiger partial charge in [0.05, 0.1) is 12.1 Å². The molecule has 1 aromatic rings. The number of halogens is 1. The van der Waals surface area contributed by atoms with Gasteiger partial charge < -0.3 is 15.5 Å². The fourth-order valence-electron chi connectivity index (χ4n) is 4.83. The topological polar surface area (TPSA) is 81.8 Å². The molecule has 0 aliphatic carbocycles. The Balaban J connectivity index is 2.17. The van der Waals surface area contributed by atoms with Gasteiger partial charge in [-0.1, -0.05) is 40.2 Å². The van der Waals surface area contributed by atoms with E-state index in [0.717, 1.165) is 25.8 Å². The molecule has 2 rings (SSSR count). The van der Waals surface area contributed by atoms with Gasteiger partial charge in [0.25, 0.3) is 5.91 Å². The van der Waals surface area contributed by atoms with Gasteiger partial charge in [-0.3, -0.25) is 19.3 Å². The van der Waals surface area contributed by atoms with E-state index in [0.29, 0.717) is 11.3 Å². The second-order valence-corrected chi connectivity index (χ2v) is 11.1. The van der Waals surface area contributed by atoms with E-state index in [2.05, 4.69) is 29.4 Å². The van der Waals surface area contributed by atoms with E-state index in [1.165, 1.54) is 24.3 Å². The zero-order chi connectivity index (χ0) is 27.9. The Morgan fingerprint density at radius 1 is 1.03 bits per heavy atom. The van der Waals surface area contributed by atoms with Crippen LogP contribution in [0.1, 0.15) is 67.7 Å². The summed E-state index contributed by atoms with van der Waals surface area (Å²) < 4.78 is 13.2. The first-order valence-electron chi connectivity index (χ1n) is 13.4. The van der Waals surface area contributed by atoms with Gasteiger partial charge in [-0.25, -0.2) is 4.39 Å². The maximum absolute atomic E-state index is 13.7. The molecule has 1 aromatic carbocycles. The van der Waals surface area contributed by atoms with Crippen LogP contribution in [0.4, 0.5) is 10.1 Å². The number of benzene rings is 1. The van der Waals surface area contributed by atoms with Crippen molar-refractivity contribution in [2.75, 3.05) is 18.9 Å². The molecule has 2 N–H and O–H groups in total. The Bertz CT molecular complexity index is 958. The van der Waals surface area contributed by atoms with Gasteiger partial charge in [0, 0.05) is 24.4 Å². The summed E-state index contributed by atoms with van der Waals surface area (Å²) in [4.78, 5) is 43.6. The lowest BCUT2D eigenvalue weighted by atomic mass is 9.95. The summed E-state index contributed by atoms with van der Waals surface area (Å²) in [5.41, 5.74) is 0.938. The van der Waals surface area contributed by atoms with Gasteiger partial charge in [-0.15, -0.1) is 0 Å². The van der Waals surface area contributed by atoms with Crippen molar-refractivity contribution in [2.24, 2.45) is 11.8 Å². The Morgan fingerprint density at radius 3 is 2.19 bits per heavy atom. The Kier molecular flexibility index (Phi) is 11.3. The van der Waals surface area contributed by atoms with E-state index in [-0.39, 0.29) is 53.5 Å². The number of nitrogens with zero attached hydrogens (tertiary/aromatic N) is 2. The second kappa shape index (κ2) is 13.7. The van der Waals surface area contributed by atoms with Crippen molar-refractivity contribution in [2.45, 2.75) is 91.9 Å². The van der Waals surface area contributed by atoms with Crippen LogP contribution in [0.5, 0.6) is 0 Å². The Labute approximate surface area is 221 Å². The zero-order valence-corrected chi connectivity index (χ0v) is 23.7. The van der Waals surface area contributed by atoms with Crippen molar-refractivity contribution < 1.29 is 18.8 Å². The van der Waals surface area contributed by atoms with Crippen LogP contribution in [-0.2, 0) is 14.4 Å². The number of rotatable bonds is 10. The average molecular weight is 517 g/mol. The molecule has 0 bridgehead atoms. The van der Waals surface area contributed by atoms with E-state index in [4.69, 9.17) is 0 Å². The molecule has 1 aliphatic heterocycles. The standard InChI is InChI=1S/C29H45FN4O3/c1-18(2)25(17-21(7)27(35)31-23-14-12-22(30)13-15-23)33(8)29(37)26(19(3)4)32-28(36)24-11-9-10-16-34(24)20(5)6/h12-15,17-20,24-26H,9-11,16H2,1-8H3,(H,31,35)(H,32,36)/b21-17+/t24-,25-,26?/m1/s1. The highest BCUT2D eigenvalue weighted by Crippen LogP contribution is 2.22. The minimum atomic E-state index is -0.670. The summed E-state index contributed by atoms with van der Waals surface area (Å²) in [5, 5.41) is 5.82. The lowest BCUT2D eigenvalue weighted by Gasteiger charge is -2.39. The van der Waals surface area contributed by atoms with Gasteiger partial charge in [0.15, 0.2) is 0 Å². The Hall–Kier alpha value is -2.74. The molecule has 0 radical (unpaired) electrons. The summed E-state index contributed by atoms with van der Waals surface area (Å²) in [6.07, 6.45) is 4.65. The maximum atomic E-state index is 13.7. The molecule has 0 spiro atoms. The fourth-order valence-corrected chi connectivity index (χ4v) is 4.83. The number of hydrogen-bond donors (Lipinski definition) is 2. The highest BCUT2D eigenvalue weighted by molar-refractivity contribution is 6.03. The van der Waals surface area contributed by atoms with Crippen molar-refractivity contribution in [3.8, 4) is 0 Å². The van der Waals surface area contributed by atoms with Crippen LogP contribution in [0.2, 0.25) is 0 Å². The van der Waals surface area contributed by atoms with Gasteiger partial charge in [0.2, 0.25) is 11.8 Å². The number of likely N-dealkylation sites (N-methyl/N-ethyl adjacent to an activating group) is 1. The van der Waals surface area contributed by atoms with Crippen LogP contribution in [0.25, 0.3) is 0 Å². The molecule has 1 heterocycles. The number of hydrogen-bond acceptors (Lipinski definition) is 4. The molecule has 1 fully saturated rings. The van der Waals surface area contributed by atoms with Crippen LogP contribution in [-0.4, -0.2) is 65.3 Å². The molecule has 3 amide bonds. The lowest BCUT2D eigenvalue weighted by molar-refractivity contribution is -0.140. The summed E-state index contributed by atoms with van der Waals surface area (Å²) >= 11 is 0. The summed E-state index contributed by atoms with van der Waals surface area (Å²) in [6, 6.07) is 4.57. The van der Waals surface area contributed by atoms with Crippen LogP contribution in [0, 0.1) is 17.7 Å². The molecule has 8 heteroatoms. The van der Waals surface area contributed by atoms with Crippen molar-refractivity contribution >= 4 is 23.4 Å². The highest BCUT2D eigenvalue weighted by atomic mass is 19.1. The van der Waals surface area contributed by atoms with Crippen LogP contribution in [0.3, 0.4) is 0 Å². The molecule has 37 heavy (non-hydrogen) atoms. The molecule has 1 aliphatic rings. The summed E-state index contributed by atoms with van der Waals surface area (Å²) in [7, 11) is 1.72. The Morgan fingerprint density at radius 2 is 1.65 bits per heavy atom.